The standard InChI is InChI=1S/C12H18N2O6/c1-3-9(15)4-8(2)20-7-11(17)13-5-10(16)14-6-12(18)19/h3-4,15H,5-7H2,1-2H3,(H,13,17)(H,14,16)(H,18,19)/b8-4+,9-3+. The Balaban J connectivity index is 3.92. The van der Waals surface area contributed by atoms with E-state index in [4.69, 9.17) is 9.84 Å². The first-order valence-electron chi connectivity index (χ1n) is 5.76. The van der Waals surface area contributed by atoms with Crippen LogP contribution in [0.3, 0.4) is 0 Å². The Morgan fingerprint density at radius 1 is 1.10 bits per heavy atom. The summed E-state index contributed by atoms with van der Waals surface area (Å²) >= 11 is 0. The Morgan fingerprint density at radius 2 is 1.70 bits per heavy atom. The number of hydrogen-bond acceptors (Lipinski definition) is 5. The molecule has 0 heterocycles. The van der Waals surface area contributed by atoms with Gasteiger partial charge in [-0.05, 0) is 19.9 Å². The summed E-state index contributed by atoms with van der Waals surface area (Å²) in [5.74, 6) is -1.97. The van der Waals surface area contributed by atoms with Gasteiger partial charge in [-0.25, -0.2) is 0 Å². The Hall–Kier alpha value is -2.51. The van der Waals surface area contributed by atoms with Crippen LogP contribution in [-0.4, -0.2) is 47.7 Å². The summed E-state index contributed by atoms with van der Waals surface area (Å²) in [6.07, 6.45) is 2.80. The zero-order valence-corrected chi connectivity index (χ0v) is 11.3. The molecule has 0 aliphatic rings. The quantitative estimate of drug-likeness (QED) is 0.358. The highest BCUT2D eigenvalue weighted by Gasteiger charge is 2.07. The molecule has 0 rings (SSSR count). The average molecular weight is 286 g/mol. The number of nitrogens with one attached hydrogen (secondary N) is 2. The van der Waals surface area contributed by atoms with Gasteiger partial charge in [-0.2, -0.15) is 0 Å². The number of carbonyl (C=O) groups excluding carboxylic acids is 2. The molecular weight excluding hydrogens is 268 g/mol. The second-order valence-corrected chi connectivity index (χ2v) is 3.70. The molecule has 0 fully saturated rings. The summed E-state index contributed by atoms with van der Waals surface area (Å²) in [5, 5.41) is 21.8. The van der Waals surface area contributed by atoms with Crippen LogP contribution >= 0.6 is 0 Å². The fourth-order valence-corrected chi connectivity index (χ4v) is 0.979. The third-order valence-electron chi connectivity index (χ3n) is 1.96. The molecule has 0 aromatic rings. The molecule has 8 nitrogen and oxygen atoms in total. The second kappa shape index (κ2) is 9.42. The van der Waals surface area contributed by atoms with Crippen molar-refractivity contribution in [2.45, 2.75) is 13.8 Å². The van der Waals surface area contributed by atoms with Crippen LogP contribution in [0.15, 0.2) is 23.7 Å². The Morgan fingerprint density at radius 3 is 2.25 bits per heavy atom. The van der Waals surface area contributed by atoms with E-state index in [0.29, 0.717) is 5.76 Å². The molecule has 0 radical (unpaired) electrons. The molecular formula is C12H18N2O6. The smallest absolute Gasteiger partial charge is 0.322 e. The van der Waals surface area contributed by atoms with E-state index < -0.39 is 24.3 Å². The summed E-state index contributed by atoms with van der Waals surface area (Å²) in [6, 6.07) is 0. The molecule has 0 atom stereocenters. The molecule has 112 valence electrons. The van der Waals surface area contributed by atoms with E-state index in [1.807, 2.05) is 0 Å². The Kier molecular flexibility index (Phi) is 8.24. The lowest BCUT2D eigenvalue weighted by atomic mass is 10.4. The molecule has 4 N–H and O–H groups in total. The number of aliphatic hydroxyl groups is 1. The molecule has 0 aliphatic carbocycles. The first kappa shape index (κ1) is 17.5. The highest BCUT2D eigenvalue weighted by Crippen LogP contribution is 2.00. The minimum Gasteiger partial charge on any atom is -0.508 e. The van der Waals surface area contributed by atoms with Crippen molar-refractivity contribution in [2.75, 3.05) is 19.7 Å². The van der Waals surface area contributed by atoms with Gasteiger partial charge in [0.05, 0.1) is 12.3 Å². The van der Waals surface area contributed by atoms with Crippen molar-refractivity contribution in [3.63, 3.8) is 0 Å². The lowest BCUT2D eigenvalue weighted by Crippen LogP contribution is -2.40. The lowest BCUT2D eigenvalue weighted by molar-refractivity contribution is -0.137. The highest BCUT2D eigenvalue weighted by atomic mass is 16.5. The maximum Gasteiger partial charge on any atom is 0.322 e. The number of carbonyl (C=O) groups is 3. The summed E-state index contributed by atoms with van der Waals surface area (Å²) < 4.78 is 5.03. The number of hydrogen-bond donors (Lipinski definition) is 4. The SMILES string of the molecule is C/C=C(O)\C=C(/C)OCC(=O)NCC(=O)NCC(=O)O. The number of allylic oxidation sites excluding steroid dienone is 3. The van der Waals surface area contributed by atoms with Gasteiger partial charge in [-0.1, -0.05) is 0 Å². The normalized spacial score (nSPS) is 11.7. The van der Waals surface area contributed by atoms with E-state index in [1.54, 1.807) is 13.8 Å². The number of carboxylic acid groups (broad SMARTS) is 1. The van der Waals surface area contributed by atoms with Gasteiger partial charge in [-0.3, -0.25) is 14.4 Å². The van der Waals surface area contributed by atoms with Crippen molar-refractivity contribution in [2.24, 2.45) is 0 Å². The zero-order valence-electron chi connectivity index (χ0n) is 11.3. The third-order valence-corrected chi connectivity index (χ3v) is 1.96. The molecule has 0 unspecified atom stereocenters. The van der Waals surface area contributed by atoms with E-state index in [2.05, 4.69) is 10.6 Å². The van der Waals surface area contributed by atoms with Crippen LogP contribution in [0.25, 0.3) is 0 Å². The topological polar surface area (TPSA) is 125 Å². The Bertz CT molecular complexity index is 428. The number of rotatable bonds is 8. The van der Waals surface area contributed by atoms with Gasteiger partial charge in [0.25, 0.3) is 5.91 Å². The van der Waals surface area contributed by atoms with Crippen molar-refractivity contribution in [3.8, 4) is 0 Å². The highest BCUT2D eigenvalue weighted by molar-refractivity contribution is 5.87. The predicted molar refractivity (Wildman–Crippen MR) is 69.8 cm³/mol. The molecule has 0 saturated heterocycles. The van der Waals surface area contributed by atoms with Crippen LogP contribution in [-0.2, 0) is 19.1 Å². The van der Waals surface area contributed by atoms with Gasteiger partial charge < -0.3 is 25.6 Å². The van der Waals surface area contributed by atoms with Gasteiger partial charge in [0.15, 0.2) is 6.61 Å². The molecule has 0 saturated carbocycles. The average Bonchev–Trinajstić information content (AvgIpc) is 2.40. The maximum atomic E-state index is 11.3. The predicted octanol–water partition coefficient (Wildman–Crippen LogP) is -0.314. The molecule has 0 aromatic carbocycles. The van der Waals surface area contributed by atoms with Crippen LogP contribution in [0.1, 0.15) is 13.8 Å². The Labute approximate surface area is 116 Å². The molecule has 8 heteroatoms. The second-order valence-electron chi connectivity index (χ2n) is 3.70. The minimum atomic E-state index is -1.17. The van der Waals surface area contributed by atoms with Gasteiger partial charge in [0.1, 0.15) is 12.3 Å². The summed E-state index contributed by atoms with van der Waals surface area (Å²) in [7, 11) is 0. The fourth-order valence-electron chi connectivity index (χ4n) is 0.979. The minimum absolute atomic E-state index is 0.0101. The van der Waals surface area contributed by atoms with Crippen molar-refractivity contribution >= 4 is 17.8 Å². The molecule has 0 spiro atoms. The third kappa shape index (κ3) is 9.51. The zero-order chi connectivity index (χ0) is 15.5. The number of ether oxygens (including phenoxy) is 1. The first-order chi connectivity index (χ1) is 9.35. The summed E-state index contributed by atoms with van der Waals surface area (Å²) in [6.45, 7) is 2.05. The van der Waals surface area contributed by atoms with E-state index in [0.717, 1.165) is 0 Å². The van der Waals surface area contributed by atoms with E-state index >= 15 is 0 Å². The van der Waals surface area contributed by atoms with Crippen molar-refractivity contribution in [1.29, 1.82) is 0 Å². The molecule has 0 bridgehead atoms. The first-order valence-corrected chi connectivity index (χ1v) is 5.76. The largest absolute Gasteiger partial charge is 0.508 e. The van der Waals surface area contributed by atoms with Gasteiger partial charge in [0, 0.05) is 6.08 Å². The summed E-state index contributed by atoms with van der Waals surface area (Å²) in [5.41, 5.74) is 0. The van der Waals surface area contributed by atoms with E-state index in [9.17, 15) is 19.5 Å². The maximum absolute atomic E-state index is 11.3. The summed E-state index contributed by atoms with van der Waals surface area (Å²) in [4.78, 5) is 32.6. The van der Waals surface area contributed by atoms with Gasteiger partial charge >= 0.3 is 5.97 Å². The number of aliphatic hydroxyl groups excluding tert-OH is 1. The van der Waals surface area contributed by atoms with Gasteiger partial charge in [0.2, 0.25) is 5.91 Å². The number of carboxylic acids is 1. The van der Waals surface area contributed by atoms with Crippen molar-refractivity contribution in [1.82, 2.24) is 10.6 Å². The molecule has 0 aromatic heterocycles. The van der Waals surface area contributed by atoms with Crippen molar-refractivity contribution < 1.29 is 29.3 Å². The molecule has 2 amide bonds. The van der Waals surface area contributed by atoms with E-state index in [-0.39, 0.29) is 18.9 Å². The van der Waals surface area contributed by atoms with Crippen molar-refractivity contribution in [3.05, 3.63) is 23.7 Å². The van der Waals surface area contributed by atoms with Crippen LogP contribution in [0, 0.1) is 0 Å². The number of amides is 2. The molecule has 20 heavy (non-hydrogen) atoms. The van der Waals surface area contributed by atoms with Crippen LogP contribution in [0.2, 0.25) is 0 Å². The lowest BCUT2D eigenvalue weighted by Gasteiger charge is -2.07. The van der Waals surface area contributed by atoms with Crippen LogP contribution in [0.4, 0.5) is 0 Å². The monoisotopic (exact) mass is 286 g/mol. The van der Waals surface area contributed by atoms with E-state index in [1.165, 1.54) is 12.2 Å². The number of aliphatic carboxylic acids is 1. The van der Waals surface area contributed by atoms with Crippen LogP contribution < -0.4 is 10.6 Å². The fraction of sp³-hybridized carbons (Fsp3) is 0.417. The molecule has 0 aliphatic heterocycles. The van der Waals surface area contributed by atoms with Gasteiger partial charge in [-0.15, -0.1) is 0 Å². The van der Waals surface area contributed by atoms with Crippen LogP contribution in [0.5, 0.6) is 0 Å².